The monoisotopic (exact) mass is 200 g/mol. The zero-order chi connectivity index (χ0) is 10.8. The van der Waals surface area contributed by atoms with Crippen LogP contribution in [0.1, 0.15) is 39.5 Å². The van der Waals surface area contributed by atoms with Crippen LogP contribution in [0.15, 0.2) is 0 Å². The zero-order valence-corrected chi connectivity index (χ0v) is 9.73. The normalized spacial score (nSPS) is 12.8. The molecule has 3 nitrogen and oxygen atoms in total. The van der Waals surface area contributed by atoms with Crippen molar-refractivity contribution in [3.63, 3.8) is 0 Å². The Morgan fingerprint density at radius 2 is 2.00 bits per heavy atom. The number of rotatable bonds is 9. The molecule has 0 aliphatic rings. The third-order valence-corrected chi connectivity index (χ3v) is 2.36. The predicted molar refractivity (Wildman–Crippen MR) is 60.5 cm³/mol. The fourth-order valence-corrected chi connectivity index (χ4v) is 1.45. The van der Waals surface area contributed by atoms with Gasteiger partial charge in [0.05, 0.1) is 6.04 Å². The second-order valence-electron chi connectivity index (χ2n) is 3.70. The van der Waals surface area contributed by atoms with Crippen LogP contribution in [0.5, 0.6) is 0 Å². The molecule has 0 spiro atoms. The van der Waals surface area contributed by atoms with Gasteiger partial charge in [-0.3, -0.25) is 4.79 Å². The first kappa shape index (κ1) is 13.6. The lowest BCUT2D eigenvalue weighted by Gasteiger charge is -2.12. The lowest BCUT2D eigenvalue weighted by atomic mass is 10.1. The molecule has 0 aromatic rings. The highest BCUT2D eigenvalue weighted by Gasteiger charge is 2.09. The maximum absolute atomic E-state index is 11.1. The number of ketones is 1. The summed E-state index contributed by atoms with van der Waals surface area (Å²) in [6, 6.07) is 0.0566. The van der Waals surface area contributed by atoms with E-state index < -0.39 is 0 Å². The summed E-state index contributed by atoms with van der Waals surface area (Å²) in [6.45, 7) is 5.99. The second-order valence-corrected chi connectivity index (χ2v) is 3.70. The van der Waals surface area contributed by atoms with E-state index in [9.17, 15) is 4.79 Å². The summed E-state index contributed by atoms with van der Waals surface area (Å²) in [7, 11) is 1.85. The van der Waals surface area contributed by atoms with Crippen LogP contribution in [0.3, 0.4) is 0 Å². The minimum Gasteiger partial charge on any atom is -0.317 e. The molecule has 3 heteroatoms. The molecule has 0 amide bonds. The molecule has 0 radical (unpaired) electrons. The lowest BCUT2D eigenvalue weighted by molar-refractivity contribution is -0.119. The van der Waals surface area contributed by atoms with E-state index in [1.165, 1.54) is 6.42 Å². The Kier molecular flexibility index (Phi) is 8.89. The van der Waals surface area contributed by atoms with E-state index in [0.29, 0.717) is 0 Å². The smallest absolute Gasteiger partial charge is 0.146 e. The highest BCUT2D eigenvalue weighted by Crippen LogP contribution is 2.00. The fraction of sp³-hybridized carbons (Fsp3) is 0.909. The molecule has 0 aliphatic carbocycles. The van der Waals surface area contributed by atoms with Crippen molar-refractivity contribution in [1.29, 1.82) is 0 Å². The average molecular weight is 200 g/mol. The van der Waals surface area contributed by atoms with Crippen LogP contribution in [0.2, 0.25) is 0 Å². The molecule has 84 valence electrons. The number of unbranched alkanes of at least 4 members (excludes halogenated alkanes) is 1. The van der Waals surface area contributed by atoms with Gasteiger partial charge in [0.1, 0.15) is 5.78 Å². The number of hydrogen-bond donors (Lipinski definition) is 2. The van der Waals surface area contributed by atoms with Crippen molar-refractivity contribution in [2.45, 2.75) is 45.6 Å². The SMILES string of the molecule is CCCNCCCC[C@H](NC)C(C)=O. The third kappa shape index (κ3) is 7.04. The number of hydrogen-bond acceptors (Lipinski definition) is 3. The molecule has 0 unspecified atom stereocenters. The largest absolute Gasteiger partial charge is 0.317 e. The molecule has 0 saturated heterocycles. The summed E-state index contributed by atoms with van der Waals surface area (Å²) < 4.78 is 0. The fourth-order valence-electron chi connectivity index (χ4n) is 1.45. The molecule has 0 aliphatic heterocycles. The first-order valence-corrected chi connectivity index (χ1v) is 5.60. The molecule has 14 heavy (non-hydrogen) atoms. The van der Waals surface area contributed by atoms with Crippen molar-refractivity contribution >= 4 is 5.78 Å². The van der Waals surface area contributed by atoms with Gasteiger partial charge in [0.15, 0.2) is 0 Å². The highest BCUT2D eigenvalue weighted by molar-refractivity contribution is 5.81. The van der Waals surface area contributed by atoms with Crippen molar-refractivity contribution in [3.05, 3.63) is 0 Å². The van der Waals surface area contributed by atoms with E-state index in [2.05, 4.69) is 17.6 Å². The highest BCUT2D eigenvalue weighted by atomic mass is 16.1. The summed E-state index contributed by atoms with van der Waals surface area (Å²) >= 11 is 0. The summed E-state index contributed by atoms with van der Waals surface area (Å²) in [5, 5.41) is 6.38. The van der Waals surface area contributed by atoms with E-state index in [-0.39, 0.29) is 11.8 Å². The maximum atomic E-state index is 11.1. The van der Waals surface area contributed by atoms with Gasteiger partial charge in [-0.2, -0.15) is 0 Å². The van der Waals surface area contributed by atoms with E-state index in [4.69, 9.17) is 0 Å². The van der Waals surface area contributed by atoms with Crippen LogP contribution >= 0.6 is 0 Å². The van der Waals surface area contributed by atoms with Crippen LogP contribution in [-0.2, 0) is 4.79 Å². The minimum atomic E-state index is 0.0566. The Hall–Kier alpha value is -0.410. The van der Waals surface area contributed by atoms with E-state index in [0.717, 1.165) is 32.4 Å². The molecular weight excluding hydrogens is 176 g/mol. The van der Waals surface area contributed by atoms with E-state index >= 15 is 0 Å². The molecule has 0 fully saturated rings. The maximum Gasteiger partial charge on any atom is 0.146 e. The van der Waals surface area contributed by atoms with Crippen LogP contribution in [-0.4, -0.2) is 32.0 Å². The van der Waals surface area contributed by atoms with E-state index in [1.807, 2.05) is 7.05 Å². The van der Waals surface area contributed by atoms with Gasteiger partial charge in [-0.1, -0.05) is 13.3 Å². The average Bonchev–Trinajstić information content (AvgIpc) is 2.16. The van der Waals surface area contributed by atoms with Gasteiger partial charge in [0.2, 0.25) is 0 Å². The predicted octanol–water partition coefficient (Wildman–Crippen LogP) is 1.33. The Morgan fingerprint density at radius 3 is 2.50 bits per heavy atom. The zero-order valence-electron chi connectivity index (χ0n) is 9.73. The van der Waals surface area contributed by atoms with Crippen molar-refractivity contribution in [2.24, 2.45) is 0 Å². The molecule has 0 aromatic carbocycles. The quantitative estimate of drug-likeness (QED) is 0.552. The molecule has 2 N–H and O–H groups in total. The number of likely N-dealkylation sites (N-methyl/N-ethyl adjacent to an activating group) is 1. The number of nitrogens with one attached hydrogen (secondary N) is 2. The van der Waals surface area contributed by atoms with Gasteiger partial charge in [0, 0.05) is 0 Å². The Balaban J connectivity index is 3.29. The first-order valence-electron chi connectivity index (χ1n) is 5.60. The van der Waals surface area contributed by atoms with Crippen molar-refractivity contribution in [3.8, 4) is 0 Å². The Bertz CT molecular complexity index is 148. The Morgan fingerprint density at radius 1 is 1.29 bits per heavy atom. The third-order valence-electron chi connectivity index (χ3n) is 2.36. The van der Waals surface area contributed by atoms with Crippen LogP contribution in [0.4, 0.5) is 0 Å². The van der Waals surface area contributed by atoms with Gasteiger partial charge >= 0.3 is 0 Å². The Labute approximate surface area is 87.6 Å². The molecule has 0 rings (SSSR count). The topological polar surface area (TPSA) is 41.1 Å². The van der Waals surface area contributed by atoms with Gasteiger partial charge < -0.3 is 10.6 Å². The van der Waals surface area contributed by atoms with Crippen molar-refractivity contribution < 1.29 is 4.79 Å². The van der Waals surface area contributed by atoms with E-state index in [1.54, 1.807) is 6.92 Å². The summed E-state index contributed by atoms with van der Waals surface area (Å²) in [6.07, 6.45) is 4.42. The number of carbonyl (C=O) groups excluding carboxylic acids is 1. The van der Waals surface area contributed by atoms with Gasteiger partial charge in [-0.15, -0.1) is 0 Å². The molecule has 0 aromatic heterocycles. The first-order chi connectivity index (χ1) is 6.72. The molecular formula is C11H24N2O. The van der Waals surface area contributed by atoms with Gasteiger partial charge in [-0.25, -0.2) is 0 Å². The molecule has 0 heterocycles. The summed E-state index contributed by atoms with van der Waals surface area (Å²) in [5.41, 5.74) is 0. The molecule has 1 atom stereocenters. The van der Waals surface area contributed by atoms with Gasteiger partial charge in [-0.05, 0) is 46.3 Å². The number of carbonyl (C=O) groups is 1. The van der Waals surface area contributed by atoms with Crippen LogP contribution in [0, 0.1) is 0 Å². The summed E-state index contributed by atoms with van der Waals surface area (Å²) in [4.78, 5) is 11.1. The van der Waals surface area contributed by atoms with Crippen molar-refractivity contribution in [1.82, 2.24) is 10.6 Å². The lowest BCUT2D eigenvalue weighted by Crippen LogP contribution is -2.32. The number of Topliss-reactive ketones (excluding diaryl/α,β-unsaturated/α-hetero) is 1. The molecule has 0 bridgehead atoms. The molecule has 0 saturated carbocycles. The summed E-state index contributed by atoms with van der Waals surface area (Å²) in [5.74, 6) is 0.244. The van der Waals surface area contributed by atoms with Crippen LogP contribution in [0.25, 0.3) is 0 Å². The van der Waals surface area contributed by atoms with Crippen molar-refractivity contribution in [2.75, 3.05) is 20.1 Å². The van der Waals surface area contributed by atoms with Gasteiger partial charge in [0.25, 0.3) is 0 Å². The standard InChI is InChI=1S/C11H24N2O/c1-4-8-13-9-6-5-7-11(12-3)10(2)14/h11-13H,4-9H2,1-3H3/t11-/m0/s1. The minimum absolute atomic E-state index is 0.0566. The van der Waals surface area contributed by atoms with Crippen LogP contribution < -0.4 is 10.6 Å². The second kappa shape index (κ2) is 9.16.